The predicted molar refractivity (Wildman–Crippen MR) is 81.5 cm³/mol. The Labute approximate surface area is 135 Å². The summed E-state index contributed by atoms with van der Waals surface area (Å²) in [5, 5.41) is 9.27. The van der Waals surface area contributed by atoms with E-state index in [-0.39, 0.29) is 29.8 Å². The molecule has 0 aliphatic carbocycles. The lowest BCUT2D eigenvalue weighted by atomic mass is 10.0. The summed E-state index contributed by atoms with van der Waals surface area (Å²) in [6.45, 7) is 2.00. The Bertz CT molecular complexity index is 791. The van der Waals surface area contributed by atoms with E-state index in [1.807, 2.05) is 0 Å². The summed E-state index contributed by atoms with van der Waals surface area (Å²) in [6, 6.07) is 3.88. The Hall–Kier alpha value is -2.48. The number of aromatic nitrogens is 3. The highest BCUT2D eigenvalue weighted by Crippen LogP contribution is 2.22. The zero-order valence-corrected chi connectivity index (χ0v) is 12.9. The van der Waals surface area contributed by atoms with E-state index >= 15 is 0 Å². The van der Waals surface area contributed by atoms with Gasteiger partial charge in [-0.05, 0) is 25.1 Å². The van der Waals surface area contributed by atoms with Gasteiger partial charge in [0.2, 0.25) is 17.8 Å². The Kier molecular flexibility index (Phi) is 3.99. The molecule has 7 nitrogen and oxygen atoms in total. The third-order valence-corrected chi connectivity index (χ3v) is 3.70. The minimum absolute atomic E-state index is 0.0286. The van der Waals surface area contributed by atoms with E-state index in [0.29, 0.717) is 17.5 Å². The van der Waals surface area contributed by atoms with Gasteiger partial charge in [-0.2, -0.15) is 10.1 Å². The van der Waals surface area contributed by atoms with E-state index in [1.165, 1.54) is 12.1 Å². The van der Waals surface area contributed by atoms with Crippen LogP contribution in [-0.4, -0.2) is 26.6 Å². The van der Waals surface area contributed by atoms with Crippen molar-refractivity contribution in [3.8, 4) is 0 Å². The van der Waals surface area contributed by atoms with Gasteiger partial charge in [-0.25, -0.2) is 9.07 Å². The van der Waals surface area contributed by atoms with Gasteiger partial charge in [-0.15, -0.1) is 0 Å². The van der Waals surface area contributed by atoms with Crippen LogP contribution in [0.5, 0.6) is 0 Å². The van der Waals surface area contributed by atoms with Crippen molar-refractivity contribution in [2.75, 3.05) is 10.6 Å². The topological polar surface area (TPSA) is 88.9 Å². The largest absolute Gasteiger partial charge is 0.326 e. The van der Waals surface area contributed by atoms with Crippen molar-refractivity contribution in [2.24, 2.45) is 5.92 Å². The van der Waals surface area contributed by atoms with E-state index < -0.39 is 11.7 Å². The Morgan fingerprint density at radius 1 is 1.57 bits per heavy atom. The molecule has 0 spiro atoms. The van der Waals surface area contributed by atoms with Crippen LogP contribution in [0.3, 0.4) is 0 Å². The second-order valence-corrected chi connectivity index (χ2v) is 5.64. The molecule has 1 aliphatic rings. The number of carbonyl (C=O) groups is 2. The number of nitrogens with zero attached hydrogens (tertiary/aromatic N) is 3. The molecule has 0 saturated heterocycles. The number of carbonyl (C=O) groups excluding carboxylic acids is 2. The summed E-state index contributed by atoms with van der Waals surface area (Å²) in [5.74, 6) is -0.837. The summed E-state index contributed by atoms with van der Waals surface area (Å²) in [4.78, 5) is 28.1. The van der Waals surface area contributed by atoms with E-state index in [4.69, 9.17) is 11.6 Å². The molecule has 0 bridgehead atoms. The first-order chi connectivity index (χ1) is 10.9. The molecule has 0 unspecified atom stereocenters. The van der Waals surface area contributed by atoms with Crippen LogP contribution in [0.4, 0.5) is 16.0 Å². The van der Waals surface area contributed by atoms with Gasteiger partial charge in [0.1, 0.15) is 11.6 Å². The Morgan fingerprint density at radius 2 is 2.35 bits per heavy atom. The smallest absolute Gasteiger partial charge is 0.232 e. The summed E-state index contributed by atoms with van der Waals surface area (Å²) in [7, 11) is 0. The van der Waals surface area contributed by atoms with Crippen LogP contribution >= 0.6 is 11.6 Å². The lowest BCUT2D eigenvalue weighted by molar-refractivity contribution is -0.125. The average molecular weight is 338 g/mol. The van der Waals surface area contributed by atoms with Crippen molar-refractivity contribution < 1.29 is 14.0 Å². The molecule has 1 aromatic heterocycles. The number of aryl methyl sites for hydroxylation is 1. The molecule has 0 radical (unpaired) electrons. The molecule has 1 atom stereocenters. The van der Waals surface area contributed by atoms with Crippen LogP contribution in [0.1, 0.15) is 12.2 Å². The van der Waals surface area contributed by atoms with Gasteiger partial charge in [0.05, 0.1) is 17.5 Å². The lowest BCUT2D eigenvalue weighted by Crippen LogP contribution is -2.36. The summed E-state index contributed by atoms with van der Waals surface area (Å²) in [6.07, 6.45) is -0.0286. The van der Waals surface area contributed by atoms with E-state index in [0.717, 1.165) is 6.07 Å². The summed E-state index contributed by atoms with van der Waals surface area (Å²) in [5.41, 5.74) is 0.370. The number of rotatable bonds is 3. The minimum atomic E-state index is -0.564. The first kappa shape index (κ1) is 15.4. The van der Waals surface area contributed by atoms with E-state index in [2.05, 4.69) is 20.7 Å². The number of fused-ring (bicyclic) bond motifs is 1. The van der Waals surface area contributed by atoms with Crippen molar-refractivity contribution in [1.29, 1.82) is 0 Å². The highest BCUT2D eigenvalue weighted by atomic mass is 35.5. The number of amides is 2. The average Bonchev–Trinajstić information content (AvgIpc) is 2.82. The fourth-order valence-electron chi connectivity index (χ4n) is 2.35. The minimum Gasteiger partial charge on any atom is -0.326 e. The molecular formula is C14H13ClFN5O2. The fraction of sp³-hybridized carbons (Fsp3) is 0.286. The van der Waals surface area contributed by atoms with Gasteiger partial charge in [-0.1, -0.05) is 11.6 Å². The Balaban J connectivity index is 1.66. The second-order valence-electron chi connectivity index (χ2n) is 5.23. The van der Waals surface area contributed by atoms with Crippen molar-refractivity contribution in [1.82, 2.24) is 14.8 Å². The van der Waals surface area contributed by atoms with Gasteiger partial charge in [-0.3, -0.25) is 14.9 Å². The summed E-state index contributed by atoms with van der Waals surface area (Å²) >= 11 is 5.66. The van der Waals surface area contributed by atoms with Crippen LogP contribution in [0.25, 0.3) is 0 Å². The maximum atomic E-state index is 13.1. The van der Waals surface area contributed by atoms with Crippen molar-refractivity contribution >= 4 is 35.1 Å². The third kappa shape index (κ3) is 3.31. The SMILES string of the molecule is Cc1nc2n(n1)C[C@H](CC(=O)Nc1ccc(F)c(Cl)c1)C(=O)N2. The van der Waals surface area contributed by atoms with Gasteiger partial charge in [0.25, 0.3) is 0 Å². The molecule has 2 amide bonds. The summed E-state index contributed by atoms with van der Waals surface area (Å²) < 4.78 is 14.6. The molecule has 0 saturated carbocycles. The molecule has 9 heteroatoms. The molecule has 2 N–H and O–H groups in total. The first-order valence-electron chi connectivity index (χ1n) is 6.89. The molecule has 3 rings (SSSR count). The molecule has 2 heterocycles. The van der Waals surface area contributed by atoms with Crippen molar-refractivity contribution in [3.05, 3.63) is 34.9 Å². The number of nitrogens with one attached hydrogen (secondary N) is 2. The van der Waals surface area contributed by atoms with Gasteiger partial charge < -0.3 is 5.32 Å². The lowest BCUT2D eigenvalue weighted by Gasteiger charge is -2.21. The first-order valence-corrected chi connectivity index (χ1v) is 7.27. The maximum absolute atomic E-state index is 13.1. The van der Waals surface area contributed by atoms with Crippen LogP contribution < -0.4 is 10.6 Å². The number of hydrogen-bond donors (Lipinski definition) is 2. The monoisotopic (exact) mass is 337 g/mol. The highest BCUT2D eigenvalue weighted by Gasteiger charge is 2.30. The molecule has 0 fully saturated rings. The van der Waals surface area contributed by atoms with Gasteiger partial charge in [0.15, 0.2) is 0 Å². The molecule has 1 aromatic carbocycles. The van der Waals surface area contributed by atoms with Crippen molar-refractivity contribution in [3.63, 3.8) is 0 Å². The maximum Gasteiger partial charge on any atom is 0.232 e. The number of benzene rings is 1. The second kappa shape index (κ2) is 5.96. The number of hydrogen-bond acceptors (Lipinski definition) is 4. The van der Waals surface area contributed by atoms with Crippen molar-refractivity contribution in [2.45, 2.75) is 19.9 Å². The van der Waals surface area contributed by atoms with Gasteiger partial charge in [0, 0.05) is 12.1 Å². The fourth-order valence-corrected chi connectivity index (χ4v) is 2.53. The Morgan fingerprint density at radius 3 is 3.09 bits per heavy atom. The van der Waals surface area contributed by atoms with E-state index in [1.54, 1.807) is 11.6 Å². The van der Waals surface area contributed by atoms with E-state index in [9.17, 15) is 14.0 Å². The molecule has 2 aromatic rings. The molecule has 1 aliphatic heterocycles. The zero-order valence-electron chi connectivity index (χ0n) is 12.1. The number of anilines is 2. The highest BCUT2D eigenvalue weighted by molar-refractivity contribution is 6.31. The molecule has 120 valence electrons. The van der Waals surface area contributed by atoms with Gasteiger partial charge >= 0.3 is 0 Å². The molecule has 23 heavy (non-hydrogen) atoms. The standard InChI is InChI=1S/C14H13ClFN5O2/c1-7-17-14-19-13(23)8(6-21(14)20-7)4-12(22)18-9-2-3-11(16)10(15)5-9/h2-3,5,8H,4,6H2,1H3,(H,18,22)(H,17,19,20,23)/t8-/m0/s1. The number of halogens is 2. The normalized spacial score (nSPS) is 16.7. The van der Waals surface area contributed by atoms with Crippen LogP contribution in [-0.2, 0) is 16.1 Å². The molecular weight excluding hydrogens is 325 g/mol. The van der Waals surface area contributed by atoms with Crippen LogP contribution in [0.2, 0.25) is 5.02 Å². The van der Waals surface area contributed by atoms with Crippen LogP contribution in [0, 0.1) is 18.7 Å². The van der Waals surface area contributed by atoms with Crippen LogP contribution in [0.15, 0.2) is 18.2 Å². The third-order valence-electron chi connectivity index (χ3n) is 3.41. The predicted octanol–water partition coefficient (Wildman–Crippen LogP) is 1.98. The quantitative estimate of drug-likeness (QED) is 0.896. The zero-order chi connectivity index (χ0) is 16.6.